The number of hydrogen-bond acceptors (Lipinski definition) is 7. The van der Waals surface area contributed by atoms with Gasteiger partial charge >= 0.3 is 11.7 Å². The summed E-state index contributed by atoms with van der Waals surface area (Å²) in [5.41, 5.74) is 5.12. The maximum absolute atomic E-state index is 10.9. The number of nitrogens with zero attached hydrogens (tertiary/aromatic N) is 4. The number of halogens is 2. The van der Waals surface area contributed by atoms with Crippen LogP contribution in [-0.4, -0.2) is 19.9 Å². The summed E-state index contributed by atoms with van der Waals surface area (Å²) in [7, 11) is 0. The van der Waals surface area contributed by atoms with Crippen molar-refractivity contribution in [1.82, 2.24) is 15.0 Å². The summed E-state index contributed by atoms with van der Waals surface area (Å²) < 4.78 is 5.74. The third-order valence-corrected chi connectivity index (χ3v) is 2.59. The van der Waals surface area contributed by atoms with Crippen molar-refractivity contribution in [3.63, 3.8) is 0 Å². The highest BCUT2D eigenvalue weighted by Crippen LogP contribution is 2.32. The fourth-order valence-corrected chi connectivity index (χ4v) is 1.72. The van der Waals surface area contributed by atoms with Crippen molar-refractivity contribution >= 4 is 39.2 Å². The highest BCUT2D eigenvalue weighted by atomic mass is 79.9. The van der Waals surface area contributed by atoms with Crippen molar-refractivity contribution in [3.05, 3.63) is 38.1 Å². The molecule has 98 valence electrons. The third kappa shape index (κ3) is 3.26. The molecular formula is C9H5BrClN5O3. The number of nitro groups is 1. The average Bonchev–Trinajstić information content (AvgIpc) is 2.30. The molecule has 10 heteroatoms. The minimum Gasteiger partial charge on any atom is -0.417 e. The van der Waals surface area contributed by atoms with Crippen molar-refractivity contribution in [3.8, 4) is 11.8 Å². The third-order valence-electron chi connectivity index (χ3n) is 1.92. The zero-order chi connectivity index (χ0) is 14.0. The van der Waals surface area contributed by atoms with E-state index < -0.39 is 4.92 Å². The maximum atomic E-state index is 10.9. The molecule has 0 atom stereocenters. The lowest BCUT2D eigenvalue weighted by Crippen LogP contribution is -2.01. The van der Waals surface area contributed by atoms with Crippen molar-refractivity contribution < 1.29 is 9.66 Å². The number of nitrogen functional groups attached to an aromatic ring is 1. The van der Waals surface area contributed by atoms with Gasteiger partial charge in [0.25, 0.3) is 0 Å². The van der Waals surface area contributed by atoms with Crippen molar-refractivity contribution in [2.45, 2.75) is 0 Å². The van der Waals surface area contributed by atoms with E-state index in [0.29, 0.717) is 4.47 Å². The van der Waals surface area contributed by atoms with E-state index in [1.165, 1.54) is 12.1 Å². The lowest BCUT2D eigenvalue weighted by Gasteiger charge is -2.05. The van der Waals surface area contributed by atoms with Crippen molar-refractivity contribution in [1.29, 1.82) is 0 Å². The molecular weight excluding hydrogens is 341 g/mol. The predicted octanol–water partition coefficient (Wildman–Crippen LogP) is 2.57. The van der Waals surface area contributed by atoms with E-state index in [2.05, 4.69) is 30.9 Å². The Labute approximate surface area is 119 Å². The summed E-state index contributed by atoms with van der Waals surface area (Å²) in [5.74, 6) is -0.176. The SMILES string of the molecule is Nc1nc(Cl)nc(Oc2ccc(Br)cc2[N+](=O)[O-])n1. The molecule has 0 saturated heterocycles. The van der Waals surface area contributed by atoms with Gasteiger partial charge in [-0.2, -0.15) is 15.0 Å². The molecule has 0 bridgehead atoms. The molecule has 0 saturated carbocycles. The van der Waals surface area contributed by atoms with Crippen LogP contribution >= 0.6 is 27.5 Å². The highest BCUT2D eigenvalue weighted by molar-refractivity contribution is 9.10. The van der Waals surface area contributed by atoms with Gasteiger partial charge in [0, 0.05) is 10.5 Å². The Bertz CT molecular complexity index is 633. The van der Waals surface area contributed by atoms with Crippen molar-refractivity contribution in [2.75, 3.05) is 5.73 Å². The van der Waals surface area contributed by atoms with E-state index >= 15 is 0 Å². The number of hydrogen-bond donors (Lipinski definition) is 1. The van der Waals surface area contributed by atoms with Crippen LogP contribution in [0.2, 0.25) is 5.28 Å². The smallest absolute Gasteiger partial charge is 0.328 e. The van der Waals surface area contributed by atoms with Gasteiger partial charge in [-0.1, -0.05) is 15.9 Å². The molecule has 1 heterocycles. The second kappa shape index (κ2) is 5.33. The first-order valence-electron chi connectivity index (χ1n) is 4.74. The Morgan fingerprint density at radius 2 is 2.11 bits per heavy atom. The standard InChI is InChI=1S/C9H5BrClN5O3/c10-4-1-2-6(5(3-4)16(17)18)19-9-14-7(11)13-8(12)15-9/h1-3H,(H2,12,13,14,15). The van der Waals surface area contributed by atoms with Crippen LogP contribution in [0.3, 0.4) is 0 Å². The Hall–Kier alpha value is -2.00. The molecule has 1 aromatic heterocycles. The van der Waals surface area contributed by atoms with Crippen LogP contribution in [0.4, 0.5) is 11.6 Å². The summed E-state index contributed by atoms with van der Waals surface area (Å²) in [6.45, 7) is 0. The van der Waals surface area contributed by atoms with E-state index in [1.807, 2.05) is 0 Å². The lowest BCUT2D eigenvalue weighted by molar-refractivity contribution is -0.385. The molecule has 0 radical (unpaired) electrons. The van der Waals surface area contributed by atoms with Crippen LogP contribution < -0.4 is 10.5 Å². The van der Waals surface area contributed by atoms with Crippen LogP contribution in [0, 0.1) is 10.1 Å². The maximum Gasteiger partial charge on any atom is 0.328 e. The molecule has 2 aromatic rings. The lowest BCUT2D eigenvalue weighted by atomic mass is 10.3. The van der Waals surface area contributed by atoms with Gasteiger partial charge in [-0.15, -0.1) is 0 Å². The molecule has 0 aliphatic rings. The zero-order valence-corrected chi connectivity index (χ0v) is 11.4. The molecule has 0 unspecified atom stereocenters. The number of rotatable bonds is 3. The number of ether oxygens (including phenoxy) is 1. The molecule has 2 rings (SSSR count). The minimum absolute atomic E-state index is 0.0325. The van der Waals surface area contributed by atoms with E-state index in [4.69, 9.17) is 22.1 Å². The van der Waals surface area contributed by atoms with Crippen LogP contribution in [-0.2, 0) is 0 Å². The molecule has 0 aliphatic heterocycles. The summed E-state index contributed by atoms with van der Waals surface area (Å²) in [6, 6.07) is 4.05. The first kappa shape index (κ1) is 13.4. The van der Waals surface area contributed by atoms with E-state index in [0.717, 1.165) is 0 Å². The fourth-order valence-electron chi connectivity index (χ4n) is 1.21. The molecule has 2 N–H and O–H groups in total. The molecule has 8 nitrogen and oxygen atoms in total. The predicted molar refractivity (Wildman–Crippen MR) is 70.1 cm³/mol. The van der Waals surface area contributed by atoms with Crippen LogP contribution in [0.5, 0.6) is 11.8 Å². The topological polar surface area (TPSA) is 117 Å². The van der Waals surface area contributed by atoms with Crippen LogP contribution in [0.15, 0.2) is 22.7 Å². The van der Waals surface area contributed by atoms with Gasteiger partial charge in [0.05, 0.1) is 4.92 Å². The number of anilines is 1. The van der Waals surface area contributed by atoms with Gasteiger partial charge in [0.1, 0.15) is 0 Å². The Morgan fingerprint density at radius 3 is 2.74 bits per heavy atom. The van der Waals surface area contributed by atoms with Crippen molar-refractivity contribution in [2.24, 2.45) is 0 Å². The van der Waals surface area contributed by atoms with E-state index in [1.54, 1.807) is 6.07 Å². The second-order valence-corrected chi connectivity index (χ2v) is 4.47. The Morgan fingerprint density at radius 1 is 1.37 bits per heavy atom. The number of nitro benzene ring substituents is 1. The first-order chi connectivity index (χ1) is 8.95. The summed E-state index contributed by atoms with van der Waals surface area (Å²) in [4.78, 5) is 21.2. The van der Waals surface area contributed by atoms with Crippen LogP contribution in [0.25, 0.3) is 0 Å². The van der Waals surface area contributed by atoms with E-state index in [-0.39, 0.29) is 28.7 Å². The second-order valence-electron chi connectivity index (χ2n) is 3.22. The summed E-state index contributed by atoms with van der Waals surface area (Å²) in [6.07, 6.45) is 0. The molecule has 0 fully saturated rings. The van der Waals surface area contributed by atoms with Gasteiger partial charge in [-0.25, -0.2) is 0 Å². The average molecular weight is 347 g/mol. The van der Waals surface area contributed by atoms with Gasteiger partial charge in [0.15, 0.2) is 0 Å². The summed E-state index contributed by atoms with van der Waals surface area (Å²) in [5, 5.41) is 10.7. The number of benzene rings is 1. The monoisotopic (exact) mass is 345 g/mol. The van der Waals surface area contributed by atoms with E-state index in [9.17, 15) is 10.1 Å². The molecule has 0 amide bonds. The Kier molecular flexibility index (Phi) is 3.76. The van der Waals surface area contributed by atoms with Gasteiger partial charge in [-0.3, -0.25) is 10.1 Å². The number of nitrogens with two attached hydrogens (primary N) is 1. The quantitative estimate of drug-likeness (QED) is 0.670. The fraction of sp³-hybridized carbons (Fsp3) is 0. The molecule has 19 heavy (non-hydrogen) atoms. The summed E-state index contributed by atoms with van der Waals surface area (Å²) >= 11 is 8.71. The Balaban J connectivity index is 2.40. The largest absolute Gasteiger partial charge is 0.417 e. The number of aromatic nitrogens is 3. The van der Waals surface area contributed by atoms with Gasteiger partial charge in [-0.05, 0) is 23.7 Å². The molecule has 0 spiro atoms. The van der Waals surface area contributed by atoms with Gasteiger partial charge < -0.3 is 10.5 Å². The first-order valence-corrected chi connectivity index (χ1v) is 5.91. The van der Waals surface area contributed by atoms with Crippen LogP contribution in [0.1, 0.15) is 0 Å². The van der Waals surface area contributed by atoms with Gasteiger partial charge in [0.2, 0.25) is 17.0 Å². The zero-order valence-electron chi connectivity index (χ0n) is 9.08. The highest BCUT2D eigenvalue weighted by Gasteiger charge is 2.17. The molecule has 0 aliphatic carbocycles. The normalized spacial score (nSPS) is 10.2. The minimum atomic E-state index is -0.591. The molecule has 1 aromatic carbocycles.